The second kappa shape index (κ2) is 7.89. The molecule has 138 valence electrons. The first-order valence-electron chi connectivity index (χ1n) is 8.58. The Bertz CT molecular complexity index is 1150. The topological polar surface area (TPSA) is 72.5 Å². The molecule has 0 aliphatic carbocycles. The predicted molar refractivity (Wildman–Crippen MR) is 111 cm³/mol. The van der Waals surface area contributed by atoms with Crippen LogP contribution in [0.1, 0.15) is 0 Å². The van der Waals surface area contributed by atoms with E-state index in [1.165, 1.54) is 23.5 Å². The highest BCUT2D eigenvalue weighted by atomic mass is 32.1. The monoisotopic (exact) mass is 388 g/mol. The van der Waals surface area contributed by atoms with Crippen molar-refractivity contribution >= 4 is 22.7 Å². The number of nitrogens with one attached hydrogen (secondary N) is 1. The van der Waals surface area contributed by atoms with Crippen molar-refractivity contribution in [3.63, 3.8) is 0 Å². The zero-order valence-electron chi connectivity index (χ0n) is 14.7. The van der Waals surface area contributed by atoms with Gasteiger partial charge in [-0.05, 0) is 29.8 Å². The Hall–Kier alpha value is -3.71. The molecule has 6 nitrogen and oxygen atoms in total. The molecule has 0 bridgehead atoms. The number of hydrogen-bond donors (Lipinski definition) is 1. The molecule has 0 aliphatic heterocycles. The summed E-state index contributed by atoms with van der Waals surface area (Å²) in [5, 5.41) is 17.4. The van der Waals surface area contributed by atoms with Crippen molar-refractivity contribution in [1.82, 2.24) is 4.57 Å². The fraction of sp³-hybridized carbons (Fsp3) is 0. The van der Waals surface area contributed by atoms with Crippen LogP contribution in [0.25, 0.3) is 16.9 Å². The molecule has 1 N–H and O–H groups in total. The van der Waals surface area contributed by atoms with E-state index in [4.69, 9.17) is 0 Å². The van der Waals surface area contributed by atoms with Gasteiger partial charge >= 0.3 is 0 Å². The van der Waals surface area contributed by atoms with Crippen LogP contribution >= 0.6 is 11.3 Å². The third-order valence-corrected chi connectivity index (χ3v) is 4.98. The maximum atomic E-state index is 10.8. The molecule has 0 saturated heterocycles. The van der Waals surface area contributed by atoms with Gasteiger partial charge in [0.25, 0.3) is 5.69 Å². The quantitative estimate of drug-likeness (QED) is 0.384. The Morgan fingerprint density at radius 2 is 1.54 bits per heavy atom. The summed E-state index contributed by atoms with van der Waals surface area (Å²) in [5.41, 5.74) is 6.87. The largest absolute Gasteiger partial charge is 0.284 e. The van der Waals surface area contributed by atoms with Crippen molar-refractivity contribution in [3.8, 4) is 16.9 Å². The fourth-order valence-corrected chi connectivity index (χ4v) is 3.66. The standard InChI is InChI=1S/C21H16N4O2S/c26-25(27)19-13-11-17(12-14-19)22-23-21-24(18-9-5-2-6-10-18)20(15-28-21)16-7-3-1-4-8-16/h1-15,22H/b23-21-. The number of benzene rings is 3. The molecule has 28 heavy (non-hydrogen) atoms. The second-order valence-corrected chi connectivity index (χ2v) is 6.80. The van der Waals surface area contributed by atoms with Crippen LogP contribution < -0.4 is 10.2 Å². The Balaban J connectivity index is 1.75. The summed E-state index contributed by atoms with van der Waals surface area (Å²) in [7, 11) is 0. The maximum absolute atomic E-state index is 10.8. The van der Waals surface area contributed by atoms with Gasteiger partial charge in [-0.1, -0.05) is 48.5 Å². The van der Waals surface area contributed by atoms with Crippen molar-refractivity contribution < 1.29 is 4.92 Å². The first kappa shape index (κ1) is 17.7. The molecule has 0 fully saturated rings. The minimum absolute atomic E-state index is 0.0485. The molecule has 4 aromatic rings. The molecule has 1 aromatic heterocycles. The van der Waals surface area contributed by atoms with Gasteiger partial charge in [0, 0.05) is 23.2 Å². The minimum Gasteiger partial charge on any atom is -0.284 e. The first-order valence-corrected chi connectivity index (χ1v) is 9.46. The summed E-state index contributed by atoms with van der Waals surface area (Å²) >= 11 is 1.52. The predicted octanol–water partition coefficient (Wildman–Crippen LogP) is 5.04. The highest BCUT2D eigenvalue weighted by Gasteiger charge is 2.10. The first-order chi connectivity index (χ1) is 13.7. The van der Waals surface area contributed by atoms with Gasteiger partial charge in [0.15, 0.2) is 0 Å². The average molecular weight is 388 g/mol. The molecule has 0 unspecified atom stereocenters. The van der Waals surface area contributed by atoms with Crippen LogP contribution in [0.15, 0.2) is 95.4 Å². The van der Waals surface area contributed by atoms with Crippen LogP contribution in [0.4, 0.5) is 11.4 Å². The van der Waals surface area contributed by atoms with E-state index in [0.717, 1.165) is 21.7 Å². The Labute approximate surface area is 165 Å². The lowest BCUT2D eigenvalue weighted by molar-refractivity contribution is -0.384. The van der Waals surface area contributed by atoms with Gasteiger partial charge in [0.05, 0.1) is 16.3 Å². The number of non-ortho nitro benzene ring substituents is 1. The fourth-order valence-electron chi connectivity index (χ4n) is 2.80. The number of thiazole rings is 1. The van der Waals surface area contributed by atoms with Crippen molar-refractivity contribution in [2.45, 2.75) is 0 Å². The molecule has 0 spiro atoms. The van der Waals surface area contributed by atoms with Crippen molar-refractivity contribution in [2.24, 2.45) is 5.10 Å². The number of nitro groups is 1. The van der Waals surface area contributed by atoms with Crippen molar-refractivity contribution in [2.75, 3.05) is 5.43 Å². The van der Waals surface area contributed by atoms with E-state index in [0.29, 0.717) is 5.69 Å². The number of para-hydroxylation sites is 1. The molecule has 0 aliphatic rings. The summed E-state index contributed by atoms with van der Waals surface area (Å²) in [4.78, 5) is 11.1. The van der Waals surface area contributed by atoms with Gasteiger partial charge in [-0.2, -0.15) is 0 Å². The van der Waals surface area contributed by atoms with Gasteiger partial charge in [0.2, 0.25) is 4.80 Å². The molecule has 7 heteroatoms. The van der Waals surface area contributed by atoms with Gasteiger partial charge in [-0.25, -0.2) is 0 Å². The Morgan fingerprint density at radius 1 is 0.893 bits per heavy atom. The smallest absolute Gasteiger partial charge is 0.269 e. The Kier molecular flexibility index (Phi) is 4.99. The SMILES string of the molecule is O=[N+]([O-])c1ccc(N/N=c2\scc(-c3ccccc3)n2-c2ccccc2)cc1. The summed E-state index contributed by atoms with van der Waals surface area (Å²) in [6, 6.07) is 26.3. The van der Waals surface area contributed by atoms with Gasteiger partial charge in [-0.15, -0.1) is 16.4 Å². The highest BCUT2D eigenvalue weighted by Crippen LogP contribution is 2.23. The summed E-state index contributed by atoms with van der Waals surface area (Å²) < 4.78 is 2.08. The maximum Gasteiger partial charge on any atom is 0.269 e. The van der Waals surface area contributed by atoms with E-state index < -0.39 is 4.92 Å². The zero-order chi connectivity index (χ0) is 19.3. The van der Waals surface area contributed by atoms with Gasteiger partial charge in [-0.3, -0.25) is 20.1 Å². The van der Waals surface area contributed by atoms with E-state index in [2.05, 4.69) is 32.6 Å². The van der Waals surface area contributed by atoms with Crippen molar-refractivity contribution in [3.05, 3.63) is 105 Å². The molecule has 3 aromatic carbocycles. The molecule has 4 rings (SSSR count). The third kappa shape index (κ3) is 3.70. The molecular weight excluding hydrogens is 372 g/mol. The normalized spacial score (nSPS) is 11.4. The van der Waals surface area contributed by atoms with Crippen LogP contribution in [-0.2, 0) is 0 Å². The van der Waals surface area contributed by atoms with E-state index in [1.807, 2.05) is 48.5 Å². The van der Waals surface area contributed by atoms with Crippen LogP contribution in [0.3, 0.4) is 0 Å². The van der Waals surface area contributed by atoms with E-state index >= 15 is 0 Å². The van der Waals surface area contributed by atoms with E-state index in [1.54, 1.807) is 12.1 Å². The number of rotatable bonds is 5. The van der Waals surface area contributed by atoms with Crippen LogP contribution in [0, 0.1) is 10.1 Å². The highest BCUT2D eigenvalue weighted by molar-refractivity contribution is 7.07. The summed E-state index contributed by atoms with van der Waals surface area (Å²) in [6.45, 7) is 0. The van der Waals surface area contributed by atoms with Crippen LogP contribution in [0.5, 0.6) is 0 Å². The third-order valence-electron chi connectivity index (χ3n) is 4.15. The molecule has 0 atom stereocenters. The summed E-state index contributed by atoms with van der Waals surface area (Å²) in [6.07, 6.45) is 0. The lowest BCUT2D eigenvalue weighted by Gasteiger charge is -2.09. The molecular formula is C21H16N4O2S. The van der Waals surface area contributed by atoms with Gasteiger partial charge < -0.3 is 0 Å². The van der Waals surface area contributed by atoms with Gasteiger partial charge in [0.1, 0.15) is 0 Å². The second-order valence-electron chi connectivity index (χ2n) is 5.97. The molecule has 0 saturated carbocycles. The number of hydrogen-bond acceptors (Lipinski definition) is 5. The van der Waals surface area contributed by atoms with Crippen LogP contribution in [-0.4, -0.2) is 9.49 Å². The summed E-state index contributed by atoms with van der Waals surface area (Å²) in [5.74, 6) is 0. The Morgan fingerprint density at radius 3 is 2.18 bits per heavy atom. The minimum atomic E-state index is -0.421. The number of anilines is 1. The number of aromatic nitrogens is 1. The van der Waals surface area contributed by atoms with Crippen molar-refractivity contribution in [1.29, 1.82) is 0 Å². The molecule has 1 heterocycles. The lowest BCUT2D eigenvalue weighted by atomic mass is 10.1. The van der Waals surface area contributed by atoms with E-state index in [9.17, 15) is 10.1 Å². The number of nitro benzene ring substituents is 1. The molecule has 0 amide bonds. The zero-order valence-corrected chi connectivity index (χ0v) is 15.5. The average Bonchev–Trinajstić information content (AvgIpc) is 3.18. The van der Waals surface area contributed by atoms with E-state index in [-0.39, 0.29) is 5.69 Å². The number of nitrogens with zero attached hydrogens (tertiary/aromatic N) is 3. The molecule has 0 radical (unpaired) electrons. The van der Waals surface area contributed by atoms with Crippen LogP contribution in [0.2, 0.25) is 0 Å². The lowest BCUT2D eigenvalue weighted by Crippen LogP contribution is -2.15.